The zero-order chi connectivity index (χ0) is 16.2. The van der Waals surface area contributed by atoms with Crippen LogP contribution < -0.4 is 4.74 Å². The Morgan fingerprint density at radius 1 is 1.39 bits per heavy atom. The summed E-state index contributed by atoms with van der Waals surface area (Å²) in [5.74, 6) is 1.28. The van der Waals surface area contributed by atoms with Crippen LogP contribution in [0.5, 0.6) is 5.75 Å². The van der Waals surface area contributed by atoms with E-state index >= 15 is 0 Å². The summed E-state index contributed by atoms with van der Waals surface area (Å²) in [4.78, 5) is 27.4. The fourth-order valence-corrected chi connectivity index (χ4v) is 3.32. The largest absolute Gasteiger partial charge is 0.488 e. The molecule has 0 saturated carbocycles. The smallest absolute Gasteiger partial charge is 0.222 e. The molecule has 1 saturated heterocycles. The molecular weight excluding hydrogens is 292 g/mol. The average molecular weight is 316 g/mol. The highest BCUT2D eigenvalue weighted by molar-refractivity contribution is 5.78. The molecule has 23 heavy (non-hydrogen) atoms. The number of carbonyl (C=O) groups excluding carboxylic acids is 2. The summed E-state index contributed by atoms with van der Waals surface area (Å²) in [5, 5.41) is 0. The van der Waals surface area contributed by atoms with Crippen LogP contribution in [-0.4, -0.2) is 54.4 Å². The van der Waals surface area contributed by atoms with Crippen LogP contribution in [-0.2, 0) is 16.0 Å². The number of amides is 2. The van der Waals surface area contributed by atoms with Gasteiger partial charge in [0.15, 0.2) is 0 Å². The van der Waals surface area contributed by atoms with Crippen molar-refractivity contribution in [3.8, 4) is 5.75 Å². The van der Waals surface area contributed by atoms with E-state index in [9.17, 15) is 9.59 Å². The number of hydrogen-bond acceptors (Lipinski definition) is 3. The zero-order valence-corrected chi connectivity index (χ0v) is 13.7. The van der Waals surface area contributed by atoms with Crippen LogP contribution in [0.15, 0.2) is 24.3 Å². The Labute approximate surface area is 137 Å². The Hall–Kier alpha value is -2.04. The maximum absolute atomic E-state index is 12.2. The summed E-state index contributed by atoms with van der Waals surface area (Å²) in [5.41, 5.74) is 1.21. The molecule has 0 radical (unpaired) electrons. The topological polar surface area (TPSA) is 49.9 Å². The molecule has 0 spiro atoms. The number of benzene rings is 1. The number of ether oxygens (including phenoxy) is 1. The van der Waals surface area contributed by atoms with Gasteiger partial charge >= 0.3 is 0 Å². The van der Waals surface area contributed by atoms with Crippen LogP contribution >= 0.6 is 0 Å². The van der Waals surface area contributed by atoms with Crippen LogP contribution in [0.25, 0.3) is 0 Å². The van der Waals surface area contributed by atoms with Gasteiger partial charge in [-0.15, -0.1) is 0 Å². The molecule has 124 valence electrons. The number of fused-ring (bicyclic) bond motifs is 1. The van der Waals surface area contributed by atoms with Crippen molar-refractivity contribution in [2.45, 2.75) is 38.2 Å². The lowest BCUT2D eigenvalue weighted by Gasteiger charge is -2.22. The first-order valence-electron chi connectivity index (χ1n) is 8.40. The Morgan fingerprint density at radius 2 is 2.22 bits per heavy atom. The van der Waals surface area contributed by atoms with Gasteiger partial charge in [0.1, 0.15) is 11.9 Å². The molecular formula is C18H24N2O3. The maximum atomic E-state index is 12.2. The van der Waals surface area contributed by atoms with Gasteiger partial charge in [0.2, 0.25) is 11.8 Å². The molecule has 0 N–H and O–H groups in total. The fourth-order valence-electron chi connectivity index (χ4n) is 3.32. The highest BCUT2D eigenvalue weighted by atomic mass is 16.5. The van der Waals surface area contributed by atoms with Gasteiger partial charge in [-0.2, -0.15) is 0 Å². The average Bonchev–Trinajstić information content (AvgIpc) is 3.12. The van der Waals surface area contributed by atoms with Crippen LogP contribution in [0.3, 0.4) is 0 Å². The predicted octanol–water partition coefficient (Wildman–Crippen LogP) is 1.85. The van der Waals surface area contributed by atoms with Crippen molar-refractivity contribution in [1.29, 1.82) is 0 Å². The lowest BCUT2D eigenvalue weighted by atomic mass is 10.1. The molecule has 0 aliphatic carbocycles. The van der Waals surface area contributed by atoms with E-state index in [2.05, 4.69) is 6.07 Å². The number of rotatable bonds is 6. The SMILES string of the molecule is CN(CC1Cc2ccccc2O1)C(=O)CCCN1CCCC1=O. The van der Waals surface area contributed by atoms with Crippen molar-refractivity contribution < 1.29 is 14.3 Å². The van der Waals surface area contributed by atoms with Gasteiger partial charge < -0.3 is 14.5 Å². The van der Waals surface area contributed by atoms with E-state index in [-0.39, 0.29) is 17.9 Å². The molecule has 0 bridgehead atoms. The third kappa shape index (κ3) is 3.84. The molecule has 1 atom stereocenters. The summed E-state index contributed by atoms with van der Waals surface area (Å²) >= 11 is 0. The minimum Gasteiger partial charge on any atom is -0.488 e. The van der Waals surface area contributed by atoms with Gasteiger partial charge in [-0.1, -0.05) is 18.2 Å². The fraction of sp³-hybridized carbons (Fsp3) is 0.556. The molecule has 1 fully saturated rings. The summed E-state index contributed by atoms with van der Waals surface area (Å²) in [6.45, 7) is 2.15. The number of carbonyl (C=O) groups is 2. The molecule has 2 heterocycles. The van der Waals surface area contributed by atoms with Crippen molar-refractivity contribution in [2.24, 2.45) is 0 Å². The second kappa shape index (κ2) is 7.02. The van der Waals surface area contributed by atoms with Crippen molar-refractivity contribution in [2.75, 3.05) is 26.7 Å². The maximum Gasteiger partial charge on any atom is 0.222 e. The molecule has 5 heteroatoms. The lowest BCUT2D eigenvalue weighted by molar-refractivity contribution is -0.132. The number of para-hydroxylation sites is 1. The van der Waals surface area contributed by atoms with E-state index in [4.69, 9.17) is 4.74 Å². The van der Waals surface area contributed by atoms with E-state index < -0.39 is 0 Å². The zero-order valence-electron chi connectivity index (χ0n) is 13.7. The molecule has 2 aliphatic rings. The first-order valence-corrected chi connectivity index (χ1v) is 8.40. The highest BCUT2D eigenvalue weighted by Gasteiger charge is 2.25. The van der Waals surface area contributed by atoms with Gasteiger partial charge in [0.25, 0.3) is 0 Å². The third-order valence-electron chi connectivity index (χ3n) is 4.61. The molecule has 3 rings (SSSR count). The van der Waals surface area contributed by atoms with E-state index in [1.165, 1.54) is 5.56 Å². The Balaban J connectivity index is 1.39. The van der Waals surface area contributed by atoms with Gasteiger partial charge in [-0.25, -0.2) is 0 Å². The van der Waals surface area contributed by atoms with Crippen molar-refractivity contribution in [1.82, 2.24) is 9.80 Å². The van der Waals surface area contributed by atoms with Gasteiger partial charge in [-0.3, -0.25) is 9.59 Å². The Bertz CT molecular complexity index is 562. The molecule has 0 aromatic heterocycles. The number of hydrogen-bond donors (Lipinski definition) is 0. The second-order valence-corrected chi connectivity index (χ2v) is 6.41. The first-order chi connectivity index (χ1) is 11.1. The standard InChI is InChI=1S/C18H24N2O3/c1-19(13-15-12-14-6-2-3-7-16(14)23-15)17(21)8-4-10-20-11-5-9-18(20)22/h2-3,6-7,15H,4-5,8-13H2,1H3. The van der Waals surface area contributed by atoms with Crippen LogP contribution in [0, 0.1) is 0 Å². The number of likely N-dealkylation sites (N-methyl/N-ethyl adjacent to an activating group) is 1. The summed E-state index contributed by atoms with van der Waals surface area (Å²) in [6, 6.07) is 8.03. The quantitative estimate of drug-likeness (QED) is 0.805. The molecule has 1 aromatic carbocycles. The Morgan fingerprint density at radius 3 is 2.96 bits per heavy atom. The number of nitrogens with zero attached hydrogens (tertiary/aromatic N) is 2. The molecule has 1 unspecified atom stereocenters. The molecule has 5 nitrogen and oxygen atoms in total. The second-order valence-electron chi connectivity index (χ2n) is 6.41. The molecule has 1 aromatic rings. The first kappa shape index (κ1) is 15.8. The van der Waals surface area contributed by atoms with Gasteiger partial charge in [-0.05, 0) is 24.5 Å². The minimum absolute atomic E-state index is 0.0431. The summed E-state index contributed by atoms with van der Waals surface area (Å²) < 4.78 is 5.88. The predicted molar refractivity (Wildman–Crippen MR) is 87.2 cm³/mol. The van der Waals surface area contributed by atoms with Crippen molar-refractivity contribution >= 4 is 11.8 Å². The minimum atomic E-state index is 0.0431. The number of likely N-dealkylation sites (tertiary alicyclic amines) is 1. The van der Waals surface area contributed by atoms with E-state index in [1.54, 1.807) is 4.90 Å². The normalized spacial score (nSPS) is 19.6. The molecule has 2 aliphatic heterocycles. The monoisotopic (exact) mass is 316 g/mol. The third-order valence-corrected chi connectivity index (χ3v) is 4.61. The van der Waals surface area contributed by atoms with Crippen LogP contribution in [0.4, 0.5) is 0 Å². The Kier molecular flexibility index (Phi) is 4.84. The highest BCUT2D eigenvalue weighted by Crippen LogP contribution is 2.28. The summed E-state index contributed by atoms with van der Waals surface area (Å²) in [6.07, 6.45) is 3.73. The van der Waals surface area contributed by atoms with Crippen LogP contribution in [0.1, 0.15) is 31.2 Å². The van der Waals surface area contributed by atoms with E-state index in [0.717, 1.165) is 31.6 Å². The van der Waals surface area contributed by atoms with Crippen molar-refractivity contribution in [3.05, 3.63) is 29.8 Å². The van der Waals surface area contributed by atoms with E-state index in [1.807, 2.05) is 30.1 Å². The molecule has 2 amide bonds. The van der Waals surface area contributed by atoms with Crippen LogP contribution in [0.2, 0.25) is 0 Å². The van der Waals surface area contributed by atoms with E-state index in [0.29, 0.717) is 25.9 Å². The van der Waals surface area contributed by atoms with Gasteiger partial charge in [0, 0.05) is 39.4 Å². The lowest BCUT2D eigenvalue weighted by Crippen LogP contribution is -2.36. The van der Waals surface area contributed by atoms with Gasteiger partial charge in [0.05, 0.1) is 6.54 Å². The summed E-state index contributed by atoms with van der Waals surface area (Å²) in [7, 11) is 1.83. The van der Waals surface area contributed by atoms with Crippen molar-refractivity contribution in [3.63, 3.8) is 0 Å².